The third-order valence-corrected chi connectivity index (χ3v) is 5.31. The number of halogens is 1. The first-order valence-electron chi connectivity index (χ1n) is 9.06. The molecule has 1 unspecified atom stereocenters. The lowest BCUT2D eigenvalue weighted by Crippen LogP contribution is -2.61. The minimum absolute atomic E-state index is 0.300. The van der Waals surface area contributed by atoms with Gasteiger partial charge in [-0.3, -0.25) is 0 Å². The van der Waals surface area contributed by atoms with Crippen molar-refractivity contribution >= 4 is 11.6 Å². The zero-order valence-electron chi connectivity index (χ0n) is 15.1. The molecule has 2 fully saturated rings. The molecule has 2 heterocycles. The molecule has 6 heteroatoms. The van der Waals surface area contributed by atoms with Gasteiger partial charge in [0.15, 0.2) is 12.6 Å². The molecule has 0 saturated carbocycles. The van der Waals surface area contributed by atoms with Crippen LogP contribution in [0.2, 0.25) is 0 Å². The van der Waals surface area contributed by atoms with Crippen molar-refractivity contribution in [3.63, 3.8) is 0 Å². The smallest absolute Gasteiger partial charge is 0.184 e. The molecule has 0 spiro atoms. The van der Waals surface area contributed by atoms with Crippen LogP contribution >= 0.6 is 11.6 Å². The van der Waals surface area contributed by atoms with Crippen LogP contribution in [0.25, 0.3) is 0 Å². The van der Waals surface area contributed by atoms with Gasteiger partial charge in [-0.1, -0.05) is 60.7 Å². The van der Waals surface area contributed by atoms with Crippen LogP contribution in [0.1, 0.15) is 17.4 Å². The fourth-order valence-corrected chi connectivity index (χ4v) is 3.84. The molecule has 0 aliphatic carbocycles. The quantitative estimate of drug-likeness (QED) is 0.729. The predicted octanol–water partition coefficient (Wildman–Crippen LogP) is 3.66. The predicted molar refractivity (Wildman–Crippen MR) is 100 cm³/mol. The van der Waals surface area contributed by atoms with Crippen molar-refractivity contribution in [1.82, 2.24) is 0 Å². The molecular formula is C21H23ClO5. The molecule has 0 radical (unpaired) electrons. The SMILES string of the molecule is CO[C@H]1O[C@@H]2COC(c3ccccc3)O[C@H]2[C@H](OCc2ccccc2)[C@@H]1Cl. The Balaban J connectivity index is 1.51. The molecule has 2 aliphatic rings. The van der Waals surface area contributed by atoms with Gasteiger partial charge in [0.1, 0.15) is 23.7 Å². The van der Waals surface area contributed by atoms with E-state index in [1.54, 1.807) is 7.11 Å². The summed E-state index contributed by atoms with van der Waals surface area (Å²) in [5.41, 5.74) is 2.03. The van der Waals surface area contributed by atoms with E-state index >= 15 is 0 Å². The Morgan fingerprint density at radius 3 is 2.41 bits per heavy atom. The Bertz CT molecular complexity index is 713. The molecule has 4 rings (SSSR count). The van der Waals surface area contributed by atoms with Crippen LogP contribution in [0.15, 0.2) is 60.7 Å². The lowest BCUT2D eigenvalue weighted by molar-refractivity contribution is -0.337. The fourth-order valence-electron chi connectivity index (χ4n) is 3.46. The number of hydrogen-bond acceptors (Lipinski definition) is 5. The topological polar surface area (TPSA) is 46.2 Å². The maximum Gasteiger partial charge on any atom is 0.184 e. The van der Waals surface area contributed by atoms with Crippen molar-refractivity contribution in [1.29, 1.82) is 0 Å². The highest BCUT2D eigenvalue weighted by molar-refractivity contribution is 6.21. The molecule has 0 bridgehead atoms. The maximum absolute atomic E-state index is 6.63. The fraction of sp³-hybridized carbons (Fsp3) is 0.429. The van der Waals surface area contributed by atoms with Gasteiger partial charge >= 0.3 is 0 Å². The van der Waals surface area contributed by atoms with E-state index in [9.17, 15) is 0 Å². The molecule has 6 atom stereocenters. The molecule has 0 amide bonds. The highest BCUT2D eigenvalue weighted by atomic mass is 35.5. The van der Waals surface area contributed by atoms with Gasteiger partial charge in [-0.15, -0.1) is 11.6 Å². The zero-order valence-corrected chi connectivity index (χ0v) is 15.8. The Kier molecular flexibility index (Phi) is 6.08. The summed E-state index contributed by atoms with van der Waals surface area (Å²) in [6.45, 7) is 0.827. The van der Waals surface area contributed by atoms with E-state index in [4.69, 9.17) is 35.3 Å². The van der Waals surface area contributed by atoms with Gasteiger partial charge in [0.2, 0.25) is 0 Å². The second-order valence-electron chi connectivity index (χ2n) is 6.66. The Hall–Kier alpha value is -1.47. The Morgan fingerprint density at radius 2 is 1.70 bits per heavy atom. The van der Waals surface area contributed by atoms with Gasteiger partial charge in [-0.05, 0) is 5.56 Å². The number of hydrogen-bond donors (Lipinski definition) is 0. The number of benzene rings is 2. The average Bonchev–Trinajstić information content (AvgIpc) is 2.74. The van der Waals surface area contributed by atoms with Gasteiger partial charge in [-0.2, -0.15) is 0 Å². The van der Waals surface area contributed by atoms with Gasteiger partial charge in [0, 0.05) is 12.7 Å². The van der Waals surface area contributed by atoms with E-state index in [2.05, 4.69) is 0 Å². The molecule has 0 aromatic heterocycles. The molecule has 2 aromatic carbocycles. The molecule has 5 nitrogen and oxygen atoms in total. The Labute approximate surface area is 164 Å². The zero-order chi connectivity index (χ0) is 18.6. The van der Waals surface area contributed by atoms with Gasteiger partial charge in [0.05, 0.1) is 13.2 Å². The Morgan fingerprint density at radius 1 is 1.00 bits per heavy atom. The lowest BCUT2D eigenvalue weighted by Gasteiger charge is -2.47. The molecule has 2 aliphatic heterocycles. The summed E-state index contributed by atoms with van der Waals surface area (Å²) in [7, 11) is 1.58. The van der Waals surface area contributed by atoms with Crippen LogP contribution in [0.5, 0.6) is 0 Å². The van der Waals surface area contributed by atoms with E-state index < -0.39 is 18.0 Å². The van der Waals surface area contributed by atoms with E-state index in [0.717, 1.165) is 11.1 Å². The number of rotatable bonds is 5. The van der Waals surface area contributed by atoms with Crippen LogP contribution < -0.4 is 0 Å². The molecule has 2 saturated heterocycles. The first-order chi connectivity index (χ1) is 13.3. The second kappa shape index (κ2) is 8.69. The summed E-state index contributed by atoms with van der Waals surface area (Å²) in [6, 6.07) is 19.8. The van der Waals surface area contributed by atoms with E-state index in [0.29, 0.717) is 13.2 Å². The van der Waals surface area contributed by atoms with Crippen molar-refractivity contribution < 1.29 is 23.7 Å². The van der Waals surface area contributed by atoms with Crippen LogP contribution in [0, 0.1) is 0 Å². The van der Waals surface area contributed by atoms with Crippen LogP contribution in [0.3, 0.4) is 0 Å². The van der Waals surface area contributed by atoms with Crippen molar-refractivity contribution in [2.24, 2.45) is 0 Å². The highest BCUT2D eigenvalue weighted by Crippen LogP contribution is 2.37. The molecule has 2 aromatic rings. The van der Waals surface area contributed by atoms with E-state index in [1.165, 1.54) is 0 Å². The number of alkyl halides is 1. The molecule has 0 N–H and O–H groups in total. The molecular weight excluding hydrogens is 368 g/mol. The highest BCUT2D eigenvalue weighted by Gasteiger charge is 2.50. The molecule has 144 valence electrons. The lowest BCUT2D eigenvalue weighted by atomic mass is 9.99. The summed E-state index contributed by atoms with van der Waals surface area (Å²) in [5.74, 6) is 0. The van der Waals surface area contributed by atoms with E-state index in [-0.39, 0.29) is 18.3 Å². The third kappa shape index (κ3) is 4.19. The van der Waals surface area contributed by atoms with Crippen molar-refractivity contribution in [3.8, 4) is 0 Å². The van der Waals surface area contributed by atoms with Crippen LogP contribution in [-0.2, 0) is 30.3 Å². The van der Waals surface area contributed by atoms with Gasteiger partial charge < -0.3 is 23.7 Å². The normalized spacial score (nSPS) is 33.4. The third-order valence-electron chi connectivity index (χ3n) is 4.85. The minimum atomic E-state index is -0.575. The summed E-state index contributed by atoms with van der Waals surface area (Å²) in [5, 5.41) is -0.491. The van der Waals surface area contributed by atoms with Gasteiger partial charge in [0.25, 0.3) is 0 Å². The maximum atomic E-state index is 6.63. The average molecular weight is 391 g/mol. The summed E-state index contributed by atoms with van der Waals surface area (Å²) in [6.07, 6.45) is -2.08. The van der Waals surface area contributed by atoms with Crippen LogP contribution in [-0.4, -0.2) is 43.7 Å². The largest absolute Gasteiger partial charge is 0.369 e. The minimum Gasteiger partial charge on any atom is -0.369 e. The monoisotopic (exact) mass is 390 g/mol. The van der Waals surface area contributed by atoms with Crippen molar-refractivity contribution in [3.05, 3.63) is 71.8 Å². The van der Waals surface area contributed by atoms with Crippen molar-refractivity contribution in [2.45, 2.75) is 42.9 Å². The second-order valence-corrected chi connectivity index (χ2v) is 7.16. The summed E-state index contributed by atoms with van der Waals surface area (Å²) in [4.78, 5) is 0. The van der Waals surface area contributed by atoms with Crippen molar-refractivity contribution in [2.75, 3.05) is 13.7 Å². The number of ether oxygens (including phenoxy) is 5. The van der Waals surface area contributed by atoms with Crippen LogP contribution in [0.4, 0.5) is 0 Å². The summed E-state index contributed by atoms with van der Waals surface area (Å²) < 4.78 is 29.6. The number of methoxy groups -OCH3 is 1. The van der Waals surface area contributed by atoms with Gasteiger partial charge in [-0.25, -0.2) is 0 Å². The standard InChI is InChI=1S/C21H23ClO5/c1-23-21-17(22)19(24-12-14-8-4-2-5-9-14)18-16(26-21)13-25-20(27-18)15-10-6-3-7-11-15/h2-11,16-21H,12-13H2,1H3/t16-,17+,18-,19-,20?,21+/m1/s1. The van der Waals surface area contributed by atoms with E-state index in [1.807, 2.05) is 60.7 Å². The molecule has 27 heavy (non-hydrogen) atoms. The number of fused-ring (bicyclic) bond motifs is 1. The summed E-state index contributed by atoms with van der Waals surface area (Å²) >= 11 is 6.63. The first-order valence-corrected chi connectivity index (χ1v) is 9.50. The first kappa shape index (κ1) is 18.9.